The summed E-state index contributed by atoms with van der Waals surface area (Å²) in [6.07, 6.45) is 1.68. The maximum absolute atomic E-state index is 10.5. The van der Waals surface area contributed by atoms with E-state index in [2.05, 4.69) is 4.99 Å². The molecule has 0 amide bonds. The van der Waals surface area contributed by atoms with Crippen LogP contribution in [-0.2, 0) is 4.79 Å². The second-order valence-corrected chi connectivity index (χ2v) is 4.44. The molecule has 0 aliphatic rings. The first-order valence-corrected chi connectivity index (χ1v) is 6.51. The molecule has 0 unspecified atom stereocenters. The molecular weight excluding hydrogens is 284 g/mol. The highest BCUT2D eigenvalue weighted by atomic mass is 16.5. The number of carbonyl (C=O) groups is 1. The van der Waals surface area contributed by atoms with Crippen molar-refractivity contribution in [1.29, 1.82) is 0 Å². The molecule has 22 heavy (non-hydrogen) atoms. The lowest BCUT2D eigenvalue weighted by Gasteiger charge is -2.09. The Morgan fingerprint density at radius 2 is 1.95 bits per heavy atom. The van der Waals surface area contributed by atoms with Crippen LogP contribution in [0.25, 0.3) is 0 Å². The van der Waals surface area contributed by atoms with Gasteiger partial charge in [0, 0.05) is 11.9 Å². The van der Waals surface area contributed by atoms with E-state index in [1.54, 1.807) is 36.5 Å². The fourth-order valence-corrected chi connectivity index (χ4v) is 1.73. The molecule has 3 N–H and O–H groups in total. The SMILES string of the molecule is COc1cc(C=Nc2ccc(N)cc2)ccc1OCC(=O)O. The van der Waals surface area contributed by atoms with E-state index in [1.165, 1.54) is 7.11 Å². The first kappa shape index (κ1) is 15.4. The normalized spacial score (nSPS) is 10.6. The third kappa shape index (κ3) is 4.24. The van der Waals surface area contributed by atoms with Crippen molar-refractivity contribution < 1.29 is 19.4 Å². The summed E-state index contributed by atoms with van der Waals surface area (Å²) >= 11 is 0. The van der Waals surface area contributed by atoms with Crippen molar-refractivity contribution in [3.05, 3.63) is 48.0 Å². The number of methoxy groups -OCH3 is 1. The van der Waals surface area contributed by atoms with Crippen LogP contribution in [0.2, 0.25) is 0 Å². The van der Waals surface area contributed by atoms with Crippen LogP contribution in [0.3, 0.4) is 0 Å². The van der Waals surface area contributed by atoms with Gasteiger partial charge in [0.2, 0.25) is 0 Å². The first-order valence-electron chi connectivity index (χ1n) is 6.51. The van der Waals surface area contributed by atoms with Crippen LogP contribution in [0.4, 0.5) is 11.4 Å². The van der Waals surface area contributed by atoms with Crippen molar-refractivity contribution in [2.24, 2.45) is 4.99 Å². The molecule has 114 valence electrons. The smallest absolute Gasteiger partial charge is 0.341 e. The summed E-state index contributed by atoms with van der Waals surface area (Å²) in [7, 11) is 1.49. The van der Waals surface area contributed by atoms with Crippen molar-refractivity contribution in [2.45, 2.75) is 0 Å². The van der Waals surface area contributed by atoms with E-state index >= 15 is 0 Å². The van der Waals surface area contributed by atoms with Gasteiger partial charge < -0.3 is 20.3 Å². The topological polar surface area (TPSA) is 94.1 Å². The molecule has 6 nitrogen and oxygen atoms in total. The Kier molecular flexibility index (Phi) is 4.98. The van der Waals surface area contributed by atoms with Gasteiger partial charge in [0.25, 0.3) is 0 Å². The zero-order valence-electron chi connectivity index (χ0n) is 12.0. The van der Waals surface area contributed by atoms with Crippen LogP contribution in [-0.4, -0.2) is 31.0 Å². The molecule has 2 aromatic rings. The minimum Gasteiger partial charge on any atom is -0.493 e. The lowest BCUT2D eigenvalue weighted by molar-refractivity contribution is -0.139. The number of carboxylic acids is 1. The predicted octanol–water partition coefficient (Wildman–Crippen LogP) is 2.49. The minimum absolute atomic E-state index is 0.370. The van der Waals surface area contributed by atoms with Crippen LogP contribution >= 0.6 is 0 Å². The largest absolute Gasteiger partial charge is 0.493 e. The van der Waals surface area contributed by atoms with Crippen molar-refractivity contribution in [3.63, 3.8) is 0 Å². The Morgan fingerprint density at radius 3 is 2.59 bits per heavy atom. The summed E-state index contributed by atoms with van der Waals surface area (Å²) < 4.78 is 10.3. The van der Waals surface area contributed by atoms with Crippen molar-refractivity contribution in [2.75, 3.05) is 19.5 Å². The maximum Gasteiger partial charge on any atom is 0.341 e. The third-order valence-corrected chi connectivity index (χ3v) is 2.79. The Bertz CT molecular complexity index is 681. The number of rotatable bonds is 6. The highest BCUT2D eigenvalue weighted by Gasteiger charge is 2.07. The average Bonchev–Trinajstić information content (AvgIpc) is 2.52. The number of benzene rings is 2. The Hall–Kier alpha value is -3.02. The predicted molar refractivity (Wildman–Crippen MR) is 84.2 cm³/mol. The molecule has 6 heteroatoms. The fourth-order valence-electron chi connectivity index (χ4n) is 1.73. The van der Waals surface area contributed by atoms with E-state index in [0.29, 0.717) is 17.2 Å². The zero-order valence-corrected chi connectivity index (χ0v) is 12.0. The Labute approximate surface area is 127 Å². The van der Waals surface area contributed by atoms with Gasteiger partial charge in [0.15, 0.2) is 18.1 Å². The third-order valence-electron chi connectivity index (χ3n) is 2.79. The van der Waals surface area contributed by atoms with E-state index in [4.69, 9.17) is 20.3 Å². The van der Waals surface area contributed by atoms with E-state index in [9.17, 15) is 4.79 Å². The fraction of sp³-hybridized carbons (Fsp3) is 0.125. The molecule has 0 atom stereocenters. The Morgan fingerprint density at radius 1 is 1.23 bits per heavy atom. The summed E-state index contributed by atoms with van der Waals surface area (Å²) in [6, 6.07) is 12.3. The number of hydrogen-bond donors (Lipinski definition) is 2. The van der Waals surface area contributed by atoms with Gasteiger partial charge in [-0.3, -0.25) is 4.99 Å². The number of carboxylic acid groups (broad SMARTS) is 1. The van der Waals surface area contributed by atoms with Crippen molar-refractivity contribution >= 4 is 23.6 Å². The average molecular weight is 300 g/mol. The summed E-state index contributed by atoms with van der Waals surface area (Å²) in [5, 5.41) is 8.63. The summed E-state index contributed by atoms with van der Waals surface area (Å²) in [4.78, 5) is 14.9. The van der Waals surface area contributed by atoms with Crippen LogP contribution < -0.4 is 15.2 Å². The van der Waals surface area contributed by atoms with Crippen LogP contribution in [0.15, 0.2) is 47.5 Å². The standard InChI is InChI=1S/C16H16N2O4/c1-21-15-8-11(2-7-14(15)22-10-16(19)20)9-18-13-5-3-12(17)4-6-13/h2-9H,10,17H2,1H3,(H,19,20). The first-order chi connectivity index (χ1) is 10.6. The molecule has 0 saturated heterocycles. The molecule has 0 saturated carbocycles. The van der Waals surface area contributed by atoms with Crippen molar-refractivity contribution in [1.82, 2.24) is 0 Å². The van der Waals surface area contributed by atoms with Crippen molar-refractivity contribution in [3.8, 4) is 11.5 Å². The summed E-state index contributed by atoms with van der Waals surface area (Å²) in [5.74, 6) is -0.229. The number of nitrogens with zero attached hydrogens (tertiary/aromatic N) is 1. The van der Waals surface area contributed by atoms with E-state index < -0.39 is 12.6 Å². The van der Waals surface area contributed by atoms with Gasteiger partial charge in [0.05, 0.1) is 12.8 Å². The molecule has 0 spiro atoms. The van der Waals surface area contributed by atoms with E-state index in [-0.39, 0.29) is 0 Å². The van der Waals surface area contributed by atoms with Gasteiger partial charge in [-0.15, -0.1) is 0 Å². The Balaban J connectivity index is 2.14. The molecule has 0 heterocycles. The minimum atomic E-state index is -1.05. The molecule has 2 aromatic carbocycles. The number of nitrogen functional groups attached to an aromatic ring is 1. The van der Waals surface area contributed by atoms with Gasteiger partial charge in [-0.25, -0.2) is 4.79 Å². The number of nitrogens with two attached hydrogens (primary N) is 1. The zero-order chi connectivity index (χ0) is 15.9. The monoisotopic (exact) mass is 300 g/mol. The molecular formula is C16H16N2O4. The molecule has 0 fully saturated rings. The quantitative estimate of drug-likeness (QED) is 0.631. The van der Waals surface area contributed by atoms with Crippen LogP contribution in [0, 0.1) is 0 Å². The van der Waals surface area contributed by atoms with Gasteiger partial charge in [-0.05, 0) is 48.0 Å². The number of hydrogen-bond acceptors (Lipinski definition) is 5. The highest BCUT2D eigenvalue weighted by Crippen LogP contribution is 2.27. The summed E-state index contributed by atoms with van der Waals surface area (Å²) in [6.45, 7) is -0.421. The van der Waals surface area contributed by atoms with Gasteiger partial charge in [-0.2, -0.15) is 0 Å². The number of anilines is 1. The number of aliphatic imine (C=N–C) groups is 1. The van der Waals surface area contributed by atoms with E-state index in [1.807, 2.05) is 12.1 Å². The highest BCUT2D eigenvalue weighted by molar-refractivity contribution is 5.83. The lowest BCUT2D eigenvalue weighted by atomic mass is 10.2. The molecule has 0 aliphatic carbocycles. The van der Waals surface area contributed by atoms with Crippen LogP contribution in [0.1, 0.15) is 5.56 Å². The molecule has 0 bridgehead atoms. The summed E-state index contributed by atoms with van der Waals surface area (Å²) in [5.41, 5.74) is 7.87. The number of aliphatic carboxylic acids is 1. The molecule has 0 aromatic heterocycles. The molecule has 0 radical (unpaired) electrons. The maximum atomic E-state index is 10.5. The second-order valence-electron chi connectivity index (χ2n) is 4.44. The van der Waals surface area contributed by atoms with Gasteiger partial charge >= 0.3 is 5.97 Å². The second kappa shape index (κ2) is 7.12. The lowest BCUT2D eigenvalue weighted by Crippen LogP contribution is -2.10. The molecule has 0 aliphatic heterocycles. The van der Waals surface area contributed by atoms with E-state index in [0.717, 1.165) is 11.3 Å². The van der Waals surface area contributed by atoms with Gasteiger partial charge in [-0.1, -0.05) is 0 Å². The van der Waals surface area contributed by atoms with Crippen LogP contribution in [0.5, 0.6) is 11.5 Å². The number of ether oxygens (including phenoxy) is 2. The molecule has 2 rings (SSSR count). The van der Waals surface area contributed by atoms with Gasteiger partial charge in [0.1, 0.15) is 0 Å².